The van der Waals surface area contributed by atoms with Crippen molar-refractivity contribution in [3.8, 4) is 5.75 Å². The highest BCUT2D eigenvalue weighted by atomic mass is 16.5. The molecule has 0 atom stereocenters. The second kappa shape index (κ2) is 8.95. The van der Waals surface area contributed by atoms with E-state index in [2.05, 4.69) is 5.32 Å². The van der Waals surface area contributed by atoms with Crippen LogP contribution in [0.2, 0.25) is 0 Å². The lowest BCUT2D eigenvalue weighted by atomic mass is 10.1. The number of β-amino-alcohol motifs (C(OH)–C–C–N with tert-alkyl or cyclic N) is 1. The molecule has 0 saturated carbocycles. The summed E-state index contributed by atoms with van der Waals surface area (Å²) >= 11 is 0. The molecular weight excluding hydrogens is 378 g/mol. The van der Waals surface area contributed by atoms with Crippen LogP contribution in [0.3, 0.4) is 0 Å². The van der Waals surface area contributed by atoms with E-state index in [1.54, 1.807) is 30.2 Å². The van der Waals surface area contributed by atoms with Crippen LogP contribution < -0.4 is 10.1 Å². The topological polar surface area (TPSA) is 108 Å². The van der Waals surface area contributed by atoms with Crippen LogP contribution in [-0.4, -0.2) is 73.2 Å². The van der Waals surface area contributed by atoms with E-state index in [0.29, 0.717) is 30.9 Å². The van der Waals surface area contributed by atoms with Gasteiger partial charge < -0.3 is 29.7 Å². The second-order valence-corrected chi connectivity index (χ2v) is 6.87. The van der Waals surface area contributed by atoms with Crippen LogP contribution in [0.4, 0.5) is 5.69 Å². The van der Waals surface area contributed by atoms with Gasteiger partial charge in [0.25, 0.3) is 5.91 Å². The molecule has 0 bridgehead atoms. The van der Waals surface area contributed by atoms with Crippen molar-refractivity contribution in [2.75, 3.05) is 45.8 Å². The van der Waals surface area contributed by atoms with Crippen LogP contribution in [0.25, 0.3) is 0 Å². The molecular formula is C20H25N3O6. The van der Waals surface area contributed by atoms with Crippen molar-refractivity contribution in [3.05, 3.63) is 35.0 Å². The largest absolute Gasteiger partial charge is 0.496 e. The number of methoxy groups -OCH3 is 2. The third-order valence-corrected chi connectivity index (χ3v) is 5.04. The molecule has 1 fully saturated rings. The summed E-state index contributed by atoms with van der Waals surface area (Å²) in [7, 11) is 2.81. The number of ether oxygens (including phenoxy) is 2. The number of benzene rings is 1. The van der Waals surface area contributed by atoms with E-state index in [0.717, 1.165) is 12.0 Å². The molecule has 9 heteroatoms. The fourth-order valence-electron chi connectivity index (χ4n) is 3.55. The standard InChI is InChI=1S/C20H25N3O6/c1-28-16-6-5-14(10-13(16)11-22-7-3-4-17(22)25)21-18-15(20(27)29-2)12-23(8-9-24)19(18)26/h5-6,10,21,24H,3-4,7-9,11-12H2,1-2H3. The van der Waals surface area contributed by atoms with Crippen LogP contribution in [-0.2, 0) is 25.7 Å². The minimum Gasteiger partial charge on any atom is -0.496 e. The Labute approximate surface area is 168 Å². The van der Waals surface area contributed by atoms with E-state index in [-0.39, 0.29) is 42.8 Å². The molecule has 29 heavy (non-hydrogen) atoms. The van der Waals surface area contributed by atoms with Gasteiger partial charge in [-0.05, 0) is 24.6 Å². The van der Waals surface area contributed by atoms with Gasteiger partial charge in [-0.25, -0.2) is 4.79 Å². The molecule has 0 spiro atoms. The first-order valence-corrected chi connectivity index (χ1v) is 9.41. The zero-order chi connectivity index (χ0) is 21.0. The summed E-state index contributed by atoms with van der Waals surface area (Å²) < 4.78 is 10.2. The average Bonchev–Trinajstić information content (AvgIpc) is 3.26. The Morgan fingerprint density at radius 2 is 2.03 bits per heavy atom. The number of esters is 1. The van der Waals surface area contributed by atoms with Gasteiger partial charge in [-0.3, -0.25) is 9.59 Å². The lowest BCUT2D eigenvalue weighted by molar-refractivity contribution is -0.136. The first-order chi connectivity index (χ1) is 14.0. The maximum Gasteiger partial charge on any atom is 0.337 e. The number of hydrogen-bond acceptors (Lipinski definition) is 7. The first kappa shape index (κ1) is 20.7. The SMILES string of the molecule is COC(=O)C1=C(Nc2ccc(OC)c(CN3CCCC3=O)c2)C(=O)N(CCO)C1. The molecule has 1 aromatic rings. The van der Waals surface area contributed by atoms with Gasteiger partial charge >= 0.3 is 5.97 Å². The number of aliphatic hydroxyl groups is 1. The number of carbonyl (C=O) groups is 3. The number of carbonyl (C=O) groups excluding carboxylic acids is 3. The van der Waals surface area contributed by atoms with E-state index in [1.807, 2.05) is 0 Å². The lowest BCUT2D eigenvalue weighted by Gasteiger charge is -2.19. The zero-order valence-electron chi connectivity index (χ0n) is 16.6. The molecule has 0 radical (unpaired) electrons. The van der Waals surface area contributed by atoms with Gasteiger partial charge in [0.05, 0.1) is 32.9 Å². The van der Waals surface area contributed by atoms with E-state index < -0.39 is 5.97 Å². The molecule has 0 aliphatic carbocycles. The summed E-state index contributed by atoms with van der Waals surface area (Å²) in [6.45, 7) is 1.09. The van der Waals surface area contributed by atoms with Crippen LogP contribution in [0.1, 0.15) is 18.4 Å². The summed E-state index contributed by atoms with van der Waals surface area (Å²) in [6, 6.07) is 5.29. The molecule has 2 aliphatic heterocycles. The Morgan fingerprint density at radius 3 is 2.66 bits per heavy atom. The fraction of sp³-hybridized carbons (Fsp3) is 0.450. The van der Waals surface area contributed by atoms with Gasteiger partial charge in [-0.2, -0.15) is 0 Å². The Morgan fingerprint density at radius 1 is 1.24 bits per heavy atom. The third-order valence-electron chi connectivity index (χ3n) is 5.04. The minimum atomic E-state index is -0.599. The molecule has 1 saturated heterocycles. The smallest absolute Gasteiger partial charge is 0.337 e. The number of nitrogens with one attached hydrogen (secondary N) is 1. The number of hydrogen-bond donors (Lipinski definition) is 2. The predicted octanol–water partition coefficient (Wildman–Crippen LogP) is 0.491. The molecule has 2 N–H and O–H groups in total. The number of rotatable bonds is 8. The average molecular weight is 403 g/mol. The summed E-state index contributed by atoms with van der Waals surface area (Å²) in [5.41, 5.74) is 1.71. The van der Waals surface area contributed by atoms with E-state index in [1.165, 1.54) is 12.0 Å². The van der Waals surface area contributed by atoms with Crippen molar-refractivity contribution in [2.24, 2.45) is 0 Å². The van der Waals surface area contributed by atoms with Gasteiger partial charge in [0, 0.05) is 37.3 Å². The predicted molar refractivity (Wildman–Crippen MR) is 104 cm³/mol. The van der Waals surface area contributed by atoms with Crippen molar-refractivity contribution in [1.29, 1.82) is 0 Å². The van der Waals surface area contributed by atoms with Crippen LogP contribution in [0.15, 0.2) is 29.5 Å². The summed E-state index contributed by atoms with van der Waals surface area (Å²) in [4.78, 5) is 39.9. The van der Waals surface area contributed by atoms with Crippen LogP contribution in [0.5, 0.6) is 5.75 Å². The van der Waals surface area contributed by atoms with E-state index >= 15 is 0 Å². The van der Waals surface area contributed by atoms with Gasteiger partial charge in [0.2, 0.25) is 5.91 Å². The fourth-order valence-corrected chi connectivity index (χ4v) is 3.55. The van der Waals surface area contributed by atoms with Gasteiger partial charge in [0.1, 0.15) is 11.4 Å². The normalized spacial score (nSPS) is 16.7. The Bertz CT molecular complexity index is 851. The summed E-state index contributed by atoms with van der Waals surface area (Å²) in [6.07, 6.45) is 1.38. The first-order valence-electron chi connectivity index (χ1n) is 9.41. The summed E-state index contributed by atoms with van der Waals surface area (Å²) in [5.74, 6) is -0.243. The molecule has 3 rings (SSSR count). The lowest BCUT2D eigenvalue weighted by Crippen LogP contribution is -2.31. The molecule has 1 aromatic carbocycles. The maximum absolute atomic E-state index is 12.7. The van der Waals surface area contributed by atoms with Crippen molar-refractivity contribution in [1.82, 2.24) is 9.80 Å². The highest BCUT2D eigenvalue weighted by Gasteiger charge is 2.34. The maximum atomic E-state index is 12.7. The second-order valence-electron chi connectivity index (χ2n) is 6.87. The molecule has 2 aliphatic rings. The highest BCUT2D eigenvalue weighted by Crippen LogP contribution is 2.28. The molecule has 2 heterocycles. The highest BCUT2D eigenvalue weighted by molar-refractivity contribution is 6.08. The third kappa shape index (κ3) is 4.34. The van der Waals surface area contributed by atoms with Crippen molar-refractivity contribution >= 4 is 23.5 Å². The van der Waals surface area contributed by atoms with Gasteiger partial charge in [0.15, 0.2) is 0 Å². The Balaban J connectivity index is 1.87. The number of likely N-dealkylation sites (tertiary alicyclic amines) is 1. The Hall–Kier alpha value is -3.07. The van der Waals surface area contributed by atoms with Gasteiger partial charge in [-0.15, -0.1) is 0 Å². The quantitative estimate of drug-likeness (QED) is 0.608. The van der Waals surface area contributed by atoms with E-state index in [9.17, 15) is 14.4 Å². The molecule has 9 nitrogen and oxygen atoms in total. The minimum absolute atomic E-state index is 0.0691. The zero-order valence-corrected chi connectivity index (χ0v) is 16.6. The number of aliphatic hydroxyl groups excluding tert-OH is 1. The van der Waals surface area contributed by atoms with Crippen molar-refractivity contribution < 1.29 is 29.0 Å². The number of nitrogens with zero attached hydrogens (tertiary/aromatic N) is 2. The molecule has 2 amide bonds. The van der Waals surface area contributed by atoms with Crippen LogP contribution >= 0.6 is 0 Å². The summed E-state index contributed by atoms with van der Waals surface area (Å²) in [5, 5.41) is 12.2. The number of anilines is 1. The van der Waals surface area contributed by atoms with E-state index in [4.69, 9.17) is 14.6 Å². The Kier molecular flexibility index (Phi) is 6.38. The monoisotopic (exact) mass is 403 g/mol. The van der Waals surface area contributed by atoms with Crippen LogP contribution in [0, 0.1) is 0 Å². The molecule has 156 valence electrons. The molecule has 0 unspecified atom stereocenters. The van der Waals surface area contributed by atoms with Gasteiger partial charge in [-0.1, -0.05) is 0 Å². The van der Waals surface area contributed by atoms with Crippen molar-refractivity contribution in [3.63, 3.8) is 0 Å². The number of amides is 2. The molecule has 0 aromatic heterocycles. The van der Waals surface area contributed by atoms with Crippen molar-refractivity contribution in [2.45, 2.75) is 19.4 Å².